The molecule has 8 nitrogen and oxygen atoms in total. The number of H-pyrrole nitrogens is 1. The maximum atomic E-state index is 11.9. The number of aryl methyl sites for hydroxylation is 1. The number of carbonyl (C=O) groups excluding carboxylic acids is 1. The summed E-state index contributed by atoms with van der Waals surface area (Å²) in [5, 5.41) is 4.64. The lowest BCUT2D eigenvalue weighted by molar-refractivity contribution is 0.0970. The van der Waals surface area contributed by atoms with Crippen LogP contribution in [0.15, 0.2) is 58.2 Å². The molecule has 4 rings (SSSR count). The number of carbonyl (C=O) groups is 1. The molecular formula is C23H25N5O3. The van der Waals surface area contributed by atoms with E-state index in [1.54, 1.807) is 23.7 Å². The van der Waals surface area contributed by atoms with Gasteiger partial charge in [-0.3, -0.25) is 9.59 Å². The molecule has 8 heteroatoms. The fourth-order valence-corrected chi connectivity index (χ4v) is 3.67. The Labute approximate surface area is 179 Å². The zero-order valence-corrected chi connectivity index (χ0v) is 17.4. The first kappa shape index (κ1) is 20.7. The van der Waals surface area contributed by atoms with Gasteiger partial charge in [0, 0.05) is 37.4 Å². The van der Waals surface area contributed by atoms with E-state index >= 15 is 0 Å². The van der Waals surface area contributed by atoms with Gasteiger partial charge in [-0.25, -0.2) is 4.98 Å². The van der Waals surface area contributed by atoms with E-state index in [1.807, 2.05) is 30.5 Å². The number of imidazole rings is 1. The molecule has 0 saturated carbocycles. The normalized spacial score (nSPS) is 12.3. The summed E-state index contributed by atoms with van der Waals surface area (Å²) in [4.78, 5) is 31.5. The summed E-state index contributed by atoms with van der Waals surface area (Å²) < 4.78 is 6.33. The molecule has 3 heterocycles. The van der Waals surface area contributed by atoms with Crippen molar-refractivity contribution in [2.75, 3.05) is 0 Å². The first-order chi connectivity index (χ1) is 15.0. The molecule has 0 aliphatic rings. The van der Waals surface area contributed by atoms with Crippen LogP contribution in [0.4, 0.5) is 0 Å². The van der Waals surface area contributed by atoms with E-state index in [0.29, 0.717) is 12.1 Å². The van der Waals surface area contributed by atoms with Gasteiger partial charge in [-0.1, -0.05) is 24.1 Å². The van der Waals surface area contributed by atoms with Gasteiger partial charge in [-0.05, 0) is 36.4 Å². The Morgan fingerprint density at radius 1 is 1.19 bits per heavy atom. The molecule has 3 N–H and O–H groups in total. The lowest BCUT2D eigenvalue weighted by atomic mass is 10.1. The Morgan fingerprint density at radius 2 is 2.06 bits per heavy atom. The third-order valence-electron chi connectivity index (χ3n) is 5.51. The topological polar surface area (TPSA) is 120 Å². The number of Topliss-reactive ketones (excluding diaryl/α,β-unsaturated/α-hetero) is 1. The molecular weight excluding hydrogens is 394 g/mol. The predicted octanol–water partition coefficient (Wildman–Crippen LogP) is 3.75. The third-order valence-corrected chi connectivity index (χ3v) is 5.51. The fraction of sp³-hybridized carbons (Fsp3) is 0.304. The number of aromatic amines is 1. The van der Waals surface area contributed by atoms with Crippen molar-refractivity contribution < 1.29 is 9.32 Å². The molecule has 0 radical (unpaired) electrons. The number of hydrogen-bond donors (Lipinski definition) is 2. The second-order valence-corrected chi connectivity index (χ2v) is 7.69. The number of fused-ring (bicyclic) bond motifs is 1. The minimum Gasteiger partial charge on any atom is -0.364 e. The van der Waals surface area contributed by atoms with Crippen LogP contribution in [0.2, 0.25) is 0 Å². The molecule has 1 atom stereocenters. The number of rotatable bonds is 9. The number of nitrogens with zero attached hydrogens (tertiary/aromatic N) is 3. The van der Waals surface area contributed by atoms with Crippen LogP contribution in [0.5, 0.6) is 0 Å². The molecule has 3 aromatic heterocycles. The van der Waals surface area contributed by atoms with E-state index in [4.69, 9.17) is 10.3 Å². The summed E-state index contributed by atoms with van der Waals surface area (Å²) >= 11 is 0. The van der Waals surface area contributed by atoms with Crippen molar-refractivity contribution in [3.05, 3.63) is 70.7 Å². The first-order valence-corrected chi connectivity index (χ1v) is 10.4. The Hall–Kier alpha value is -3.52. The summed E-state index contributed by atoms with van der Waals surface area (Å²) in [6.45, 7) is 0. The molecule has 0 saturated heterocycles. The van der Waals surface area contributed by atoms with Gasteiger partial charge in [-0.2, -0.15) is 0 Å². The largest absolute Gasteiger partial charge is 0.364 e. The van der Waals surface area contributed by atoms with Crippen LogP contribution in [-0.2, 0) is 7.05 Å². The summed E-state index contributed by atoms with van der Waals surface area (Å²) in [6, 6.07) is 10.7. The number of hydrogen-bond acceptors (Lipinski definition) is 6. The number of unbranched alkanes of at least 4 members (excludes halogenated alkanes) is 2. The standard InChI is InChI=1S/C23H25N5O3/c1-28-20-9-7-15(13-16(20)8-10-22(28)30)19-14-25-23(26-19)17(24)5-3-2-4-6-21(29)18-11-12-31-27-18/h7-14,17H,2-6,24H2,1H3,(H,25,26). The van der Waals surface area contributed by atoms with E-state index in [0.717, 1.165) is 53.7 Å². The van der Waals surface area contributed by atoms with Gasteiger partial charge >= 0.3 is 0 Å². The second kappa shape index (κ2) is 9.09. The molecule has 0 spiro atoms. The summed E-state index contributed by atoms with van der Waals surface area (Å²) in [5.41, 5.74) is 9.33. The average Bonchev–Trinajstić information content (AvgIpc) is 3.48. The summed E-state index contributed by atoms with van der Waals surface area (Å²) in [7, 11) is 1.76. The van der Waals surface area contributed by atoms with E-state index in [2.05, 4.69) is 15.1 Å². The minimum atomic E-state index is -0.193. The highest BCUT2D eigenvalue weighted by molar-refractivity contribution is 5.93. The van der Waals surface area contributed by atoms with Crippen LogP contribution in [0.1, 0.15) is 54.5 Å². The maximum absolute atomic E-state index is 11.9. The smallest absolute Gasteiger partial charge is 0.250 e. The molecule has 31 heavy (non-hydrogen) atoms. The highest BCUT2D eigenvalue weighted by Crippen LogP contribution is 2.24. The second-order valence-electron chi connectivity index (χ2n) is 7.69. The van der Waals surface area contributed by atoms with E-state index < -0.39 is 0 Å². The average molecular weight is 419 g/mol. The monoisotopic (exact) mass is 419 g/mol. The van der Waals surface area contributed by atoms with Gasteiger partial charge in [0.1, 0.15) is 17.8 Å². The number of ketones is 1. The molecule has 0 bridgehead atoms. The number of nitrogens with one attached hydrogen (secondary N) is 1. The van der Waals surface area contributed by atoms with Crippen molar-refractivity contribution in [1.29, 1.82) is 0 Å². The number of aromatic nitrogens is 4. The molecule has 0 fully saturated rings. The first-order valence-electron chi connectivity index (χ1n) is 10.4. The van der Waals surface area contributed by atoms with Crippen LogP contribution in [0.3, 0.4) is 0 Å². The van der Waals surface area contributed by atoms with Gasteiger partial charge in [0.05, 0.1) is 17.3 Å². The van der Waals surface area contributed by atoms with Gasteiger partial charge in [0.25, 0.3) is 5.56 Å². The van der Waals surface area contributed by atoms with Crippen molar-refractivity contribution >= 4 is 16.7 Å². The van der Waals surface area contributed by atoms with Gasteiger partial charge in [0.15, 0.2) is 5.78 Å². The van der Waals surface area contributed by atoms with Crippen molar-refractivity contribution in [2.24, 2.45) is 12.8 Å². The maximum Gasteiger partial charge on any atom is 0.250 e. The molecule has 1 aromatic carbocycles. The number of pyridine rings is 1. The molecule has 4 aromatic rings. The van der Waals surface area contributed by atoms with Crippen molar-refractivity contribution in [1.82, 2.24) is 19.7 Å². The van der Waals surface area contributed by atoms with Gasteiger partial charge in [-0.15, -0.1) is 0 Å². The minimum absolute atomic E-state index is 0.00387. The van der Waals surface area contributed by atoms with Crippen LogP contribution in [-0.4, -0.2) is 25.5 Å². The van der Waals surface area contributed by atoms with Crippen LogP contribution in [0.25, 0.3) is 22.2 Å². The highest BCUT2D eigenvalue weighted by atomic mass is 16.5. The fourth-order valence-electron chi connectivity index (χ4n) is 3.67. The van der Waals surface area contributed by atoms with Gasteiger partial charge < -0.3 is 19.8 Å². The third kappa shape index (κ3) is 4.64. The number of benzene rings is 1. The summed E-state index contributed by atoms with van der Waals surface area (Å²) in [6.07, 6.45) is 7.12. The molecule has 0 aliphatic heterocycles. The number of nitrogens with two attached hydrogens (primary N) is 1. The zero-order valence-electron chi connectivity index (χ0n) is 17.4. The van der Waals surface area contributed by atoms with Crippen molar-refractivity contribution in [3.8, 4) is 11.3 Å². The van der Waals surface area contributed by atoms with Gasteiger partial charge in [0.2, 0.25) is 0 Å². The Kier molecular flexibility index (Phi) is 6.08. The Morgan fingerprint density at radius 3 is 2.87 bits per heavy atom. The van der Waals surface area contributed by atoms with E-state index in [-0.39, 0.29) is 17.4 Å². The van der Waals surface area contributed by atoms with Crippen LogP contribution < -0.4 is 11.3 Å². The predicted molar refractivity (Wildman–Crippen MR) is 118 cm³/mol. The van der Waals surface area contributed by atoms with Crippen molar-refractivity contribution in [3.63, 3.8) is 0 Å². The lowest BCUT2D eigenvalue weighted by Crippen LogP contribution is -2.14. The molecule has 0 aliphatic carbocycles. The van der Waals surface area contributed by atoms with E-state index in [1.165, 1.54) is 6.26 Å². The summed E-state index contributed by atoms with van der Waals surface area (Å²) in [5.74, 6) is 0.749. The Balaban J connectivity index is 1.32. The van der Waals surface area contributed by atoms with Crippen LogP contribution >= 0.6 is 0 Å². The molecule has 0 amide bonds. The van der Waals surface area contributed by atoms with Crippen LogP contribution in [0, 0.1) is 0 Å². The Bertz CT molecular complexity index is 1240. The molecule has 160 valence electrons. The highest BCUT2D eigenvalue weighted by Gasteiger charge is 2.13. The SMILES string of the molecule is Cn1c(=O)ccc2cc(-c3c[nH]c(C(N)CCCCCC(=O)c4ccon4)n3)ccc21. The molecule has 1 unspecified atom stereocenters. The quantitative estimate of drug-likeness (QED) is 0.315. The van der Waals surface area contributed by atoms with Crippen molar-refractivity contribution in [2.45, 2.75) is 38.1 Å². The van der Waals surface area contributed by atoms with E-state index in [9.17, 15) is 9.59 Å². The lowest BCUT2D eigenvalue weighted by Gasteiger charge is -2.08. The zero-order chi connectivity index (χ0) is 21.8.